The Hall–Kier alpha value is -1.69. The zero-order valence-corrected chi connectivity index (χ0v) is 11.5. The van der Waals surface area contributed by atoms with Crippen LogP contribution in [-0.2, 0) is 0 Å². The molecule has 0 amide bonds. The van der Waals surface area contributed by atoms with Gasteiger partial charge in [-0.15, -0.1) is 0 Å². The second kappa shape index (κ2) is 4.77. The van der Waals surface area contributed by atoms with Gasteiger partial charge in [0.15, 0.2) is 0 Å². The van der Waals surface area contributed by atoms with Crippen LogP contribution in [0.4, 0.5) is 5.82 Å². The number of anilines is 1. The van der Waals surface area contributed by atoms with Gasteiger partial charge < -0.3 is 10.6 Å². The fourth-order valence-corrected chi connectivity index (χ4v) is 2.57. The maximum Gasteiger partial charge on any atom is 0.254 e. The summed E-state index contributed by atoms with van der Waals surface area (Å²) in [6.45, 7) is 7.48. The van der Waals surface area contributed by atoms with E-state index in [1.807, 2.05) is 13.0 Å². The number of hydrogen-bond donors (Lipinski definition) is 2. The van der Waals surface area contributed by atoms with Gasteiger partial charge in [-0.1, -0.05) is 6.92 Å². The second-order valence-corrected chi connectivity index (χ2v) is 5.67. The molecule has 0 atom stereocenters. The predicted octanol–water partition coefficient (Wildman–Crippen LogP) is 1.23. The average Bonchev–Trinajstić information content (AvgIpc) is 2.85. The molecule has 3 rings (SSSR count). The molecule has 1 aliphatic heterocycles. The normalized spacial score (nSPS) is 18.6. The third-order valence-electron chi connectivity index (χ3n) is 3.89. The number of fused-ring (bicyclic) bond motifs is 1. The van der Waals surface area contributed by atoms with E-state index >= 15 is 0 Å². The van der Waals surface area contributed by atoms with E-state index < -0.39 is 0 Å². The molecule has 1 saturated heterocycles. The first-order valence-corrected chi connectivity index (χ1v) is 6.78. The Morgan fingerprint density at radius 2 is 2.21 bits per heavy atom. The topological polar surface area (TPSA) is 67.1 Å². The zero-order valence-electron chi connectivity index (χ0n) is 11.5. The van der Waals surface area contributed by atoms with Crippen molar-refractivity contribution >= 4 is 11.6 Å². The van der Waals surface area contributed by atoms with Gasteiger partial charge in [-0.3, -0.25) is 0 Å². The van der Waals surface area contributed by atoms with Crippen molar-refractivity contribution in [2.24, 2.45) is 5.41 Å². The maximum atomic E-state index is 4.35. The summed E-state index contributed by atoms with van der Waals surface area (Å²) in [7, 11) is 0. The van der Waals surface area contributed by atoms with E-state index in [9.17, 15) is 0 Å². The van der Waals surface area contributed by atoms with Crippen LogP contribution >= 0.6 is 0 Å². The molecule has 1 aliphatic rings. The highest BCUT2D eigenvalue weighted by atomic mass is 15.3. The summed E-state index contributed by atoms with van der Waals surface area (Å²) in [4.78, 5) is 8.49. The first kappa shape index (κ1) is 12.3. The quantitative estimate of drug-likeness (QED) is 0.869. The Bertz CT molecular complexity index is 570. The van der Waals surface area contributed by atoms with Gasteiger partial charge in [0.25, 0.3) is 5.78 Å². The van der Waals surface area contributed by atoms with Gasteiger partial charge in [0, 0.05) is 18.3 Å². The molecule has 0 bridgehead atoms. The van der Waals surface area contributed by atoms with E-state index in [0.29, 0.717) is 11.2 Å². The van der Waals surface area contributed by atoms with Crippen LogP contribution in [0.3, 0.4) is 0 Å². The van der Waals surface area contributed by atoms with Crippen molar-refractivity contribution in [1.29, 1.82) is 0 Å². The van der Waals surface area contributed by atoms with Gasteiger partial charge in [0.2, 0.25) is 0 Å². The molecule has 0 saturated carbocycles. The van der Waals surface area contributed by atoms with Gasteiger partial charge in [-0.05, 0) is 38.3 Å². The lowest BCUT2D eigenvalue weighted by Crippen LogP contribution is -2.39. The van der Waals surface area contributed by atoms with E-state index in [-0.39, 0.29) is 0 Å². The molecule has 1 fully saturated rings. The molecule has 102 valence electrons. The van der Waals surface area contributed by atoms with Gasteiger partial charge in [0.1, 0.15) is 12.1 Å². The summed E-state index contributed by atoms with van der Waals surface area (Å²) >= 11 is 0. The molecule has 6 heteroatoms. The van der Waals surface area contributed by atoms with Crippen molar-refractivity contribution in [2.75, 3.05) is 25.0 Å². The van der Waals surface area contributed by atoms with Crippen LogP contribution in [0.1, 0.15) is 25.5 Å². The smallest absolute Gasteiger partial charge is 0.254 e. The van der Waals surface area contributed by atoms with Crippen molar-refractivity contribution in [3.63, 3.8) is 0 Å². The summed E-state index contributed by atoms with van der Waals surface area (Å²) in [6, 6.07) is 2.02. The maximum absolute atomic E-state index is 4.35. The Balaban J connectivity index is 1.79. The lowest BCUT2D eigenvalue weighted by molar-refractivity contribution is 0.247. The SMILES string of the molecule is Cc1cc(NCC2(C)CCNCC2)n2ncnc2n1. The minimum absolute atomic E-state index is 0.343. The van der Waals surface area contributed by atoms with Gasteiger partial charge in [-0.25, -0.2) is 4.98 Å². The fourth-order valence-electron chi connectivity index (χ4n) is 2.57. The second-order valence-electron chi connectivity index (χ2n) is 5.67. The van der Waals surface area contributed by atoms with E-state index in [1.165, 1.54) is 12.8 Å². The number of nitrogens with zero attached hydrogens (tertiary/aromatic N) is 4. The monoisotopic (exact) mass is 260 g/mol. The van der Waals surface area contributed by atoms with Crippen LogP contribution in [0.25, 0.3) is 5.78 Å². The largest absolute Gasteiger partial charge is 0.369 e. The summed E-state index contributed by atoms with van der Waals surface area (Å²) < 4.78 is 1.76. The first-order valence-electron chi connectivity index (χ1n) is 6.78. The molecule has 0 spiro atoms. The molecule has 2 aromatic heterocycles. The highest BCUT2D eigenvalue weighted by molar-refractivity contribution is 5.44. The van der Waals surface area contributed by atoms with Crippen molar-refractivity contribution in [3.05, 3.63) is 18.1 Å². The number of piperidine rings is 1. The fraction of sp³-hybridized carbons (Fsp3) is 0.615. The van der Waals surface area contributed by atoms with Gasteiger partial charge in [-0.2, -0.15) is 14.6 Å². The molecular formula is C13H20N6. The molecular weight excluding hydrogens is 240 g/mol. The Kier molecular flexibility index (Phi) is 3.10. The molecule has 0 aromatic carbocycles. The van der Waals surface area contributed by atoms with Crippen LogP contribution in [-0.4, -0.2) is 39.2 Å². The first-order chi connectivity index (χ1) is 9.16. The molecule has 0 unspecified atom stereocenters. The minimum atomic E-state index is 0.343. The van der Waals surface area contributed by atoms with Crippen molar-refractivity contribution < 1.29 is 0 Å². The molecule has 0 aliphatic carbocycles. The van der Waals surface area contributed by atoms with Crippen molar-refractivity contribution in [1.82, 2.24) is 24.9 Å². The van der Waals surface area contributed by atoms with Crippen LogP contribution in [0.15, 0.2) is 12.4 Å². The van der Waals surface area contributed by atoms with Crippen LogP contribution < -0.4 is 10.6 Å². The highest BCUT2D eigenvalue weighted by Gasteiger charge is 2.26. The summed E-state index contributed by atoms with van der Waals surface area (Å²) in [5, 5.41) is 11.1. The number of rotatable bonds is 3. The van der Waals surface area contributed by atoms with Crippen molar-refractivity contribution in [2.45, 2.75) is 26.7 Å². The van der Waals surface area contributed by atoms with Gasteiger partial charge >= 0.3 is 0 Å². The lowest BCUT2D eigenvalue weighted by atomic mass is 9.81. The highest BCUT2D eigenvalue weighted by Crippen LogP contribution is 2.28. The lowest BCUT2D eigenvalue weighted by Gasteiger charge is -2.34. The molecule has 3 heterocycles. The Morgan fingerprint density at radius 1 is 1.42 bits per heavy atom. The minimum Gasteiger partial charge on any atom is -0.369 e. The number of aromatic nitrogens is 4. The van der Waals surface area contributed by atoms with Gasteiger partial charge in [0.05, 0.1) is 0 Å². The molecule has 2 aromatic rings. The Labute approximate surface area is 112 Å². The van der Waals surface area contributed by atoms with E-state index in [1.54, 1.807) is 10.8 Å². The molecule has 2 N–H and O–H groups in total. The molecule has 0 radical (unpaired) electrons. The Morgan fingerprint density at radius 3 is 3.00 bits per heavy atom. The zero-order chi connectivity index (χ0) is 13.3. The third-order valence-corrected chi connectivity index (χ3v) is 3.89. The van der Waals surface area contributed by atoms with E-state index in [4.69, 9.17) is 0 Å². The van der Waals surface area contributed by atoms with E-state index in [2.05, 4.69) is 32.6 Å². The number of nitrogens with one attached hydrogen (secondary N) is 2. The predicted molar refractivity (Wildman–Crippen MR) is 74.2 cm³/mol. The summed E-state index contributed by atoms with van der Waals surface area (Å²) in [5.74, 6) is 1.62. The van der Waals surface area contributed by atoms with Crippen LogP contribution in [0.2, 0.25) is 0 Å². The summed E-state index contributed by atoms with van der Waals surface area (Å²) in [6.07, 6.45) is 3.94. The summed E-state index contributed by atoms with van der Waals surface area (Å²) in [5.41, 5.74) is 1.30. The molecule has 6 nitrogen and oxygen atoms in total. The number of aryl methyl sites for hydroxylation is 1. The average molecular weight is 260 g/mol. The number of hydrogen-bond acceptors (Lipinski definition) is 5. The van der Waals surface area contributed by atoms with E-state index in [0.717, 1.165) is 31.1 Å². The molecule has 19 heavy (non-hydrogen) atoms. The van der Waals surface area contributed by atoms with Crippen LogP contribution in [0.5, 0.6) is 0 Å². The standard InChI is InChI=1S/C13H20N6/c1-10-7-11(19-12(18-10)16-9-17-19)15-8-13(2)3-5-14-6-4-13/h7,9,14-15H,3-6,8H2,1-2H3. The third kappa shape index (κ3) is 2.53. The van der Waals surface area contributed by atoms with Crippen molar-refractivity contribution in [3.8, 4) is 0 Å². The van der Waals surface area contributed by atoms with Crippen LogP contribution in [0, 0.1) is 12.3 Å².